The van der Waals surface area contributed by atoms with Gasteiger partial charge in [0, 0.05) is 6.07 Å². The Hall–Kier alpha value is -2.36. The third kappa shape index (κ3) is 8.17. The van der Waals surface area contributed by atoms with Crippen molar-refractivity contribution >= 4 is 5.97 Å². The highest BCUT2D eigenvalue weighted by atomic mass is 19.1. The number of rotatable bonds is 12. The van der Waals surface area contributed by atoms with Crippen molar-refractivity contribution in [3.63, 3.8) is 0 Å². The number of benzene rings is 2. The third-order valence-electron chi connectivity index (χ3n) is 6.91. The Morgan fingerprint density at radius 3 is 2.12 bits per heavy atom. The van der Waals surface area contributed by atoms with Crippen molar-refractivity contribution < 1.29 is 18.7 Å². The van der Waals surface area contributed by atoms with Gasteiger partial charge in [-0.2, -0.15) is 0 Å². The van der Waals surface area contributed by atoms with E-state index in [4.69, 9.17) is 9.47 Å². The summed E-state index contributed by atoms with van der Waals surface area (Å²) >= 11 is 0. The Balaban J connectivity index is 1.34. The maximum atomic E-state index is 13.9. The molecule has 0 N–H and O–H groups in total. The van der Waals surface area contributed by atoms with Gasteiger partial charge >= 0.3 is 5.97 Å². The molecule has 0 aliphatic heterocycles. The van der Waals surface area contributed by atoms with Crippen LogP contribution in [-0.4, -0.2) is 12.6 Å². The molecule has 3 nitrogen and oxygen atoms in total. The first-order chi connectivity index (χ1) is 16.1. The fraction of sp³-hybridized carbons (Fsp3) is 0.552. The van der Waals surface area contributed by atoms with Crippen LogP contribution in [0.3, 0.4) is 0 Å². The van der Waals surface area contributed by atoms with E-state index < -0.39 is 5.97 Å². The van der Waals surface area contributed by atoms with Crippen molar-refractivity contribution in [2.24, 2.45) is 11.8 Å². The van der Waals surface area contributed by atoms with Crippen molar-refractivity contribution in [1.29, 1.82) is 0 Å². The second kappa shape index (κ2) is 13.4. The van der Waals surface area contributed by atoms with Gasteiger partial charge in [0.15, 0.2) is 0 Å². The molecule has 0 aromatic heterocycles. The standard InChI is InChI=1S/C29H39FO3/c1-3-5-6-8-22-10-12-23(13-11-22)9-7-20-32-26-17-15-25(16-18-26)29(31)33-27-19-14-24(4-2)28(30)21-27/h14-19,21-23H,3-13,20H2,1-2H3. The summed E-state index contributed by atoms with van der Waals surface area (Å²) < 4.78 is 25.1. The Morgan fingerprint density at radius 2 is 1.52 bits per heavy atom. The van der Waals surface area contributed by atoms with Crippen molar-refractivity contribution in [2.45, 2.75) is 84.5 Å². The highest BCUT2D eigenvalue weighted by Gasteiger charge is 2.20. The van der Waals surface area contributed by atoms with Gasteiger partial charge in [-0.25, -0.2) is 9.18 Å². The normalized spacial score (nSPS) is 18.2. The van der Waals surface area contributed by atoms with E-state index in [1.54, 1.807) is 36.4 Å². The second-order valence-corrected chi connectivity index (χ2v) is 9.39. The molecule has 2 aromatic carbocycles. The van der Waals surface area contributed by atoms with Crippen LogP contribution in [0.1, 0.15) is 94.0 Å². The lowest BCUT2D eigenvalue weighted by molar-refractivity contribution is 0.0734. The summed E-state index contributed by atoms with van der Waals surface area (Å²) in [5.41, 5.74) is 1.02. The molecular weight excluding hydrogens is 415 g/mol. The first-order valence-electron chi connectivity index (χ1n) is 12.8. The molecule has 0 spiro atoms. The minimum absolute atomic E-state index is 0.213. The van der Waals surface area contributed by atoms with Crippen LogP contribution in [0.5, 0.6) is 11.5 Å². The zero-order valence-electron chi connectivity index (χ0n) is 20.3. The van der Waals surface area contributed by atoms with Crippen LogP contribution in [0.15, 0.2) is 42.5 Å². The van der Waals surface area contributed by atoms with Crippen molar-refractivity contribution in [3.8, 4) is 11.5 Å². The van der Waals surface area contributed by atoms with Gasteiger partial charge < -0.3 is 9.47 Å². The SMILES string of the molecule is CCCCCC1CCC(CCCOc2ccc(C(=O)Oc3ccc(CC)c(F)c3)cc2)CC1. The predicted molar refractivity (Wildman–Crippen MR) is 131 cm³/mol. The van der Waals surface area contributed by atoms with E-state index in [1.807, 2.05) is 6.92 Å². The number of hydrogen-bond acceptors (Lipinski definition) is 3. The molecule has 0 radical (unpaired) electrons. The summed E-state index contributed by atoms with van der Waals surface area (Å²) in [4.78, 5) is 12.3. The van der Waals surface area contributed by atoms with Crippen LogP contribution in [0, 0.1) is 17.7 Å². The molecule has 180 valence electrons. The molecule has 0 heterocycles. The molecule has 0 bridgehead atoms. The van der Waals surface area contributed by atoms with Crippen LogP contribution in [0.4, 0.5) is 4.39 Å². The van der Waals surface area contributed by atoms with Crippen LogP contribution >= 0.6 is 0 Å². The second-order valence-electron chi connectivity index (χ2n) is 9.39. The average molecular weight is 455 g/mol. The monoisotopic (exact) mass is 454 g/mol. The van der Waals surface area contributed by atoms with Gasteiger partial charge in [0.2, 0.25) is 0 Å². The molecule has 2 aromatic rings. The van der Waals surface area contributed by atoms with Gasteiger partial charge in [0.1, 0.15) is 17.3 Å². The summed E-state index contributed by atoms with van der Waals surface area (Å²) in [7, 11) is 0. The molecule has 0 atom stereocenters. The lowest BCUT2D eigenvalue weighted by Gasteiger charge is -2.28. The maximum absolute atomic E-state index is 13.9. The summed E-state index contributed by atoms with van der Waals surface area (Å²) in [5.74, 6) is 1.92. The van der Waals surface area contributed by atoms with E-state index in [9.17, 15) is 9.18 Å². The van der Waals surface area contributed by atoms with Crippen molar-refractivity contribution in [2.75, 3.05) is 6.61 Å². The fourth-order valence-electron chi connectivity index (χ4n) is 4.79. The predicted octanol–water partition coefficient (Wildman–Crippen LogP) is 8.15. The van der Waals surface area contributed by atoms with Crippen LogP contribution < -0.4 is 9.47 Å². The van der Waals surface area contributed by atoms with Gasteiger partial charge in [-0.3, -0.25) is 0 Å². The van der Waals surface area contributed by atoms with Crippen molar-refractivity contribution in [1.82, 2.24) is 0 Å². The molecular formula is C29H39FO3. The van der Waals surface area contributed by atoms with E-state index in [0.717, 1.165) is 24.0 Å². The van der Waals surface area contributed by atoms with E-state index in [1.165, 1.54) is 63.9 Å². The van der Waals surface area contributed by atoms with E-state index in [2.05, 4.69) is 6.92 Å². The zero-order chi connectivity index (χ0) is 23.5. The van der Waals surface area contributed by atoms with Gasteiger partial charge in [-0.1, -0.05) is 71.3 Å². The number of hydrogen-bond donors (Lipinski definition) is 0. The lowest BCUT2D eigenvalue weighted by Crippen LogP contribution is -2.15. The minimum atomic E-state index is -0.504. The number of aryl methyl sites for hydroxylation is 1. The Bertz CT molecular complexity index is 854. The number of ether oxygens (including phenoxy) is 2. The van der Waals surface area contributed by atoms with E-state index in [0.29, 0.717) is 24.2 Å². The Morgan fingerprint density at radius 1 is 0.879 bits per heavy atom. The molecule has 1 aliphatic rings. The topological polar surface area (TPSA) is 35.5 Å². The molecule has 1 fully saturated rings. The van der Waals surface area contributed by atoms with E-state index >= 15 is 0 Å². The number of carbonyl (C=O) groups is 1. The number of carbonyl (C=O) groups excluding carboxylic acids is 1. The van der Waals surface area contributed by atoms with Gasteiger partial charge in [0.05, 0.1) is 12.2 Å². The molecule has 1 aliphatic carbocycles. The Kier molecular flexibility index (Phi) is 10.2. The average Bonchev–Trinajstić information content (AvgIpc) is 2.83. The summed E-state index contributed by atoms with van der Waals surface area (Å²) in [6.07, 6.45) is 14.0. The summed E-state index contributed by atoms with van der Waals surface area (Å²) in [6, 6.07) is 11.5. The largest absolute Gasteiger partial charge is 0.494 e. The minimum Gasteiger partial charge on any atom is -0.494 e. The number of unbranched alkanes of at least 4 members (excludes halogenated alkanes) is 2. The number of esters is 1. The van der Waals surface area contributed by atoms with Crippen LogP contribution in [0.25, 0.3) is 0 Å². The molecule has 1 saturated carbocycles. The van der Waals surface area contributed by atoms with Crippen molar-refractivity contribution in [3.05, 3.63) is 59.4 Å². The zero-order valence-corrected chi connectivity index (χ0v) is 20.3. The Labute approximate surface area is 198 Å². The van der Waals surface area contributed by atoms with E-state index in [-0.39, 0.29) is 11.6 Å². The fourth-order valence-corrected chi connectivity index (χ4v) is 4.79. The molecule has 0 unspecified atom stereocenters. The van der Waals surface area contributed by atoms with Crippen LogP contribution in [-0.2, 0) is 6.42 Å². The molecule has 0 saturated heterocycles. The van der Waals surface area contributed by atoms with Gasteiger partial charge in [-0.15, -0.1) is 0 Å². The molecule has 0 amide bonds. The molecule has 4 heteroatoms. The first-order valence-corrected chi connectivity index (χ1v) is 12.8. The first kappa shape index (κ1) is 25.3. The van der Waals surface area contributed by atoms with Gasteiger partial charge in [-0.05, 0) is 67.0 Å². The third-order valence-corrected chi connectivity index (χ3v) is 6.91. The highest BCUT2D eigenvalue weighted by molar-refractivity contribution is 5.91. The van der Waals surface area contributed by atoms with Crippen LogP contribution in [0.2, 0.25) is 0 Å². The lowest BCUT2D eigenvalue weighted by atomic mass is 9.78. The molecule has 3 rings (SSSR count). The molecule has 33 heavy (non-hydrogen) atoms. The quantitative estimate of drug-likeness (QED) is 0.184. The highest BCUT2D eigenvalue weighted by Crippen LogP contribution is 2.34. The number of halogens is 1. The summed E-state index contributed by atoms with van der Waals surface area (Å²) in [5, 5.41) is 0. The smallest absolute Gasteiger partial charge is 0.343 e. The summed E-state index contributed by atoms with van der Waals surface area (Å²) in [6.45, 7) is 4.86. The van der Waals surface area contributed by atoms with Gasteiger partial charge in [0.25, 0.3) is 0 Å². The maximum Gasteiger partial charge on any atom is 0.343 e.